The number of likely N-dealkylation sites (tertiary alicyclic amines) is 1. The van der Waals surface area contributed by atoms with Gasteiger partial charge < -0.3 is 25.5 Å². The zero-order valence-corrected chi connectivity index (χ0v) is 39.3. The van der Waals surface area contributed by atoms with Crippen molar-refractivity contribution < 1.29 is 61.1 Å². The van der Waals surface area contributed by atoms with Crippen molar-refractivity contribution in [1.29, 1.82) is 0 Å². The summed E-state index contributed by atoms with van der Waals surface area (Å²) >= 11 is -1.81. The smallest absolute Gasteiger partial charge is 1.00 e. The minimum atomic E-state index is -3.26. The molecule has 1 heterocycles. The molecule has 4 aromatic carbocycles. The molecule has 1 saturated heterocycles. The molecule has 4 aromatic rings. The van der Waals surface area contributed by atoms with Crippen molar-refractivity contribution in [2.24, 2.45) is 5.92 Å². The predicted octanol–water partition coefficient (Wildman–Crippen LogP) is 2.85. The third-order valence-electron chi connectivity index (χ3n) is 10.0. The van der Waals surface area contributed by atoms with Crippen LogP contribution in [-0.4, -0.2) is 83.1 Å². The van der Waals surface area contributed by atoms with Crippen molar-refractivity contribution in [3.05, 3.63) is 137 Å². The number of nitrogens with zero attached hydrogens (tertiary/aromatic N) is 1. The van der Waals surface area contributed by atoms with Crippen LogP contribution < -0.4 is 43.7 Å². The van der Waals surface area contributed by atoms with Gasteiger partial charge in [0.05, 0.1) is 18.5 Å². The first-order valence-electron chi connectivity index (χ1n) is 19.3. The Balaban J connectivity index is 0.000000430. The van der Waals surface area contributed by atoms with Crippen LogP contribution in [0.15, 0.2) is 109 Å². The zero-order chi connectivity index (χ0) is 41.4. The molecule has 0 aliphatic carbocycles. The van der Waals surface area contributed by atoms with E-state index in [2.05, 4.69) is 84.2 Å². The van der Waals surface area contributed by atoms with E-state index in [4.69, 9.17) is 7.84 Å². The number of aliphatic hydroxyl groups is 3. The van der Waals surface area contributed by atoms with Crippen molar-refractivity contribution in [2.75, 3.05) is 37.2 Å². The summed E-state index contributed by atoms with van der Waals surface area (Å²) in [6.07, 6.45) is 3.74. The summed E-state index contributed by atoms with van der Waals surface area (Å²) in [5, 5.41) is 35.8. The molecule has 1 aliphatic rings. The number of rotatable bonds is 14. The van der Waals surface area contributed by atoms with E-state index in [0.29, 0.717) is 18.3 Å². The second-order valence-corrected chi connectivity index (χ2v) is 17.9. The molecule has 0 bridgehead atoms. The van der Waals surface area contributed by atoms with Crippen LogP contribution >= 0.6 is 0 Å². The topological polar surface area (TPSA) is 162 Å². The van der Waals surface area contributed by atoms with Crippen LogP contribution in [0.3, 0.4) is 0 Å². The minimum Gasteiger partial charge on any atom is 1.00 e. The molecule has 0 saturated carbocycles. The monoisotopic (exact) mass is 873 g/mol. The number of nitrogens with one attached hydrogen (secondary N) is 2. The van der Waals surface area contributed by atoms with Crippen molar-refractivity contribution in [3.8, 4) is 0 Å². The maximum Gasteiger partial charge on any atom is 1.00 e. The molecule has 57 heavy (non-hydrogen) atoms. The summed E-state index contributed by atoms with van der Waals surface area (Å²) in [7, 11) is -3.26. The molecular formula is C44H61AsN3NaO7S. The average molecular weight is 874 g/mol. The van der Waals surface area contributed by atoms with Gasteiger partial charge in [0.15, 0.2) is 0 Å². The van der Waals surface area contributed by atoms with E-state index in [-0.39, 0.29) is 40.9 Å². The van der Waals surface area contributed by atoms with Crippen molar-refractivity contribution >= 4 is 31.7 Å². The van der Waals surface area contributed by atoms with Crippen LogP contribution in [0.25, 0.3) is 0 Å². The molecule has 1 fully saturated rings. The van der Waals surface area contributed by atoms with Crippen molar-refractivity contribution in [1.82, 2.24) is 10.2 Å². The molecule has 0 radical (unpaired) electrons. The standard InChI is InChI=1S/C32H41NO2.C12H20N2O3S.AsHO2.Na/c1-31(2,3)26-18-16-25(17-19-26)30(34)15-10-22-33-23-20-29(21-24-33)32(35,27-11-6-4-7-12-27)28-13-8-5-9-14-28;1-9(2)13-8-12(15)10-4-6-11(7-5-10)14-18(3,16)17;2-1-3;/h4-9,11-14,16-19,29-30,34-35H,10,15,20-24H2,1-3H3;4-7,9,12-15H,8H2,1-3H3;(H,2,3);/q;;;+1/p-1. The van der Waals surface area contributed by atoms with Crippen molar-refractivity contribution in [3.63, 3.8) is 0 Å². The van der Waals surface area contributed by atoms with Gasteiger partial charge in [0.25, 0.3) is 0 Å². The van der Waals surface area contributed by atoms with Crippen LogP contribution in [0.4, 0.5) is 5.69 Å². The summed E-state index contributed by atoms with van der Waals surface area (Å²) in [5.41, 5.74) is 4.66. The number of hydrogen-bond donors (Lipinski definition) is 5. The third kappa shape index (κ3) is 17.1. The van der Waals surface area contributed by atoms with Crippen LogP contribution in [0.2, 0.25) is 0 Å². The van der Waals surface area contributed by atoms with Gasteiger partial charge in [0.2, 0.25) is 10.0 Å². The molecule has 0 spiro atoms. The van der Waals surface area contributed by atoms with Gasteiger partial charge >= 0.3 is 53.4 Å². The Hall–Kier alpha value is -2.25. The average Bonchev–Trinajstić information content (AvgIpc) is 3.17. The molecule has 0 aromatic heterocycles. The van der Waals surface area contributed by atoms with E-state index in [9.17, 15) is 23.7 Å². The number of aliphatic hydroxyl groups excluding tert-OH is 2. The predicted molar refractivity (Wildman–Crippen MR) is 224 cm³/mol. The van der Waals surface area contributed by atoms with E-state index in [0.717, 1.165) is 73.8 Å². The quantitative estimate of drug-likeness (QED) is 0.120. The van der Waals surface area contributed by atoms with E-state index in [1.165, 1.54) is 5.56 Å². The normalized spacial score (nSPS) is 15.0. The van der Waals surface area contributed by atoms with Crippen LogP contribution in [0, 0.1) is 5.92 Å². The Labute approximate surface area is 370 Å². The second kappa shape index (κ2) is 24.7. The van der Waals surface area contributed by atoms with Gasteiger partial charge in [-0.2, -0.15) is 0 Å². The molecule has 10 nitrogen and oxygen atoms in total. The van der Waals surface area contributed by atoms with E-state index < -0.39 is 43.9 Å². The number of piperidine rings is 1. The van der Waals surface area contributed by atoms with Gasteiger partial charge in [0.1, 0.15) is 5.60 Å². The summed E-state index contributed by atoms with van der Waals surface area (Å²) in [6, 6.07) is 35.7. The van der Waals surface area contributed by atoms with Crippen LogP contribution in [-0.2, 0) is 24.8 Å². The van der Waals surface area contributed by atoms with Crippen molar-refractivity contribution in [2.45, 2.75) is 89.6 Å². The fourth-order valence-corrected chi connectivity index (χ4v) is 7.49. The van der Waals surface area contributed by atoms with E-state index >= 15 is 0 Å². The molecule has 5 rings (SSSR count). The summed E-state index contributed by atoms with van der Waals surface area (Å²) in [6.45, 7) is 14.0. The van der Waals surface area contributed by atoms with Gasteiger partial charge in [-0.3, -0.25) is 4.72 Å². The fourth-order valence-electron chi connectivity index (χ4n) is 6.93. The summed E-state index contributed by atoms with van der Waals surface area (Å²) in [5.74, 6) is 0.176. The van der Waals surface area contributed by atoms with Gasteiger partial charge in [-0.05, 0) is 96.6 Å². The first kappa shape index (κ1) is 50.9. The largest absolute Gasteiger partial charge is 1.00 e. The number of sulfonamides is 1. The van der Waals surface area contributed by atoms with Gasteiger partial charge in [-0.15, -0.1) is 0 Å². The van der Waals surface area contributed by atoms with Gasteiger partial charge in [-0.1, -0.05) is 132 Å². The molecular weight excluding hydrogens is 812 g/mol. The van der Waals surface area contributed by atoms with E-state index in [1.54, 1.807) is 24.3 Å². The maximum absolute atomic E-state index is 12.1. The first-order chi connectivity index (χ1) is 26.5. The molecule has 2 unspecified atom stereocenters. The molecule has 306 valence electrons. The third-order valence-corrected chi connectivity index (χ3v) is 10.6. The summed E-state index contributed by atoms with van der Waals surface area (Å²) in [4.78, 5) is 2.49. The minimum absolute atomic E-state index is 0. The molecule has 1 aliphatic heterocycles. The Morgan fingerprint density at radius 1 is 0.789 bits per heavy atom. The Kier molecular flexibility index (Phi) is 22.1. The Morgan fingerprint density at radius 3 is 1.68 bits per heavy atom. The fraction of sp³-hybridized carbons (Fsp3) is 0.455. The van der Waals surface area contributed by atoms with E-state index in [1.807, 2.05) is 50.2 Å². The maximum atomic E-state index is 12.1. The first-order valence-corrected chi connectivity index (χ1v) is 22.7. The second-order valence-electron chi connectivity index (χ2n) is 15.8. The van der Waals surface area contributed by atoms with Gasteiger partial charge in [0, 0.05) is 18.3 Å². The number of benzene rings is 4. The molecule has 0 amide bonds. The SMILES string of the molecule is CC(C)(C)c1ccc(C(O)CCCN2CCC(C(O)(c3ccccc3)c3ccccc3)CC2)cc1.CC(C)NCC(O)c1ccc(NS(C)(=O)=O)cc1.O=[As][O-].[Na+]. The Bertz CT molecular complexity index is 1780. The zero-order valence-electron chi connectivity index (χ0n) is 34.6. The molecule has 13 heteroatoms. The number of hydrogen-bond acceptors (Lipinski definition) is 9. The Morgan fingerprint density at radius 2 is 1.25 bits per heavy atom. The number of anilines is 1. The molecule has 2 atom stereocenters. The van der Waals surface area contributed by atoms with Crippen LogP contribution in [0.1, 0.15) is 100 Å². The van der Waals surface area contributed by atoms with Crippen LogP contribution in [0.5, 0.6) is 0 Å². The summed E-state index contributed by atoms with van der Waals surface area (Å²) < 4.78 is 41.4. The molecule has 5 N–H and O–H groups in total. The van der Waals surface area contributed by atoms with Gasteiger partial charge in [-0.25, -0.2) is 8.42 Å².